The van der Waals surface area contributed by atoms with Crippen LogP contribution in [0.1, 0.15) is 24.2 Å². The van der Waals surface area contributed by atoms with Crippen molar-refractivity contribution >= 4 is 11.0 Å². The van der Waals surface area contributed by atoms with E-state index in [9.17, 15) is 0 Å². The van der Waals surface area contributed by atoms with Gasteiger partial charge < -0.3 is 4.42 Å². The topological polar surface area (TPSA) is 16.4 Å². The van der Waals surface area contributed by atoms with Gasteiger partial charge in [-0.3, -0.25) is 4.90 Å². The molecular formula is C14H17NO. The highest BCUT2D eigenvalue weighted by atomic mass is 16.3. The van der Waals surface area contributed by atoms with Crippen molar-refractivity contribution in [3.8, 4) is 0 Å². The zero-order valence-electron chi connectivity index (χ0n) is 9.70. The number of hydrogen-bond donors (Lipinski definition) is 0. The van der Waals surface area contributed by atoms with Gasteiger partial charge in [-0.05, 0) is 44.5 Å². The number of nitrogens with zero attached hydrogens (tertiary/aromatic N) is 1. The van der Waals surface area contributed by atoms with Gasteiger partial charge in [-0.15, -0.1) is 0 Å². The molecule has 0 bridgehead atoms. The molecule has 0 radical (unpaired) electrons. The lowest BCUT2D eigenvalue weighted by Gasteiger charge is -2.11. The molecule has 0 amide bonds. The van der Waals surface area contributed by atoms with Crippen molar-refractivity contribution in [2.24, 2.45) is 0 Å². The van der Waals surface area contributed by atoms with Crippen LogP contribution in [0.5, 0.6) is 0 Å². The Morgan fingerprint density at radius 1 is 1.25 bits per heavy atom. The van der Waals surface area contributed by atoms with E-state index in [0.29, 0.717) is 0 Å². The van der Waals surface area contributed by atoms with Gasteiger partial charge in [-0.2, -0.15) is 0 Å². The van der Waals surface area contributed by atoms with Crippen LogP contribution in [0.3, 0.4) is 0 Å². The van der Waals surface area contributed by atoms with Gasteiger partial charge in [0.15, 0.2) is 0 Å². The molecule has 0 aliphatic carbocycles. The second kappa shape index (κ2) is 3.95. The predicted octanol–water partition coefficient (Wildman–Crippen LogP) is 3.34. The van der Waals surface area contributed by atoms with Gasteiger partial charge in [0.05, 0.1) is 6.54 Å². The lowest BCUT2D eigenvalue weighted by molar-refractivity contribution is 0.302. The van der Waals surface area contributed by atoms with Crippen LogP contribution in [0.25, 0.3) is 11.0 Å². The van der Waals surface area contributed by atoms with E-state index in [1.807, 2.05) is 0 Å². The van der Waals surface area contributed by atoms with Gasteiger partial charge in [-0.1, -0.05) is 18.2 Å². The fourth-order valence-electron chi connectivity index (χ4n) is 2.50. The third kappa shape index (κ3) is 1.74. The number of fused-ring (bicyclic) bond motifs is 1. The summed E-state index contributed by atoms with van der Waals surface area (Å²) in [6.07, 6.45) is 2.67. The molecule has 1 aliphatic heterocycles. The fraction of sp³-hybridized carbons (Fsp3) is 0.429. The number of furan rings is 1. The molecule has 1 aromatic heterocycles. The maximum Gasteiger partial charge on any atom is 0.137 e. The minimum absolute atomic E-state index is 0.966. The quantitative estimate of drug-likeness (QED) is 0.764. The molecule has 0 saturated carbocycles. The Balaban J connectivity index is 1.90. The maximum absolute atomic E-state index is 5.92. The summed E-state index contributed by atoms with van der Waals surface area (Å²) in [6, 6.07) is 8.50. The highest BCUT2D eigenvalue weighted by Gasteiger charge is 2.14. The molecule has 0 atom stereocenters. The molecule has 16 heavy (non-hydrogen) atoms. The average molecular weight is 215 g/mol. The van der Waals surface area contributed by atoms with Gasteiger partial charge in [0.25, 0.3) is 0 Å². The van der Waals surface area contributed by atoms with Crippen molar-refractivity contribution in [3.63, 3.8) is 0 Å². The van der Waals surface area contributed by atoms with Crippen LogP contribution in [0, 0.1) is 6.92 Å². The van der Waals surface area contributed by atoms with E-state index in [1.165, 1.54) is 36.9 Å². The van der Waals surface area contributed by atoms with Crippen molar-refractivity contribution in [1.82, 2.24) is 4.90 Å². The van der Waals surface area contributed by atoms with Gasteiger partial charge in [0.2, 0.25) is 0 Å². The fourth-order valence-corrected chi connectivity index (χ4v) is 2.50. The number of likely N-dealkylation sites (tertiary alicyclic amines) is 1. The summed E-state index contributed by atoms with van der Waals surface area (Å²) in [5.74, 6) is 1.10. The van der Waals surface area contributed by atoms with Gasteiger partial charge in [0, 0.05) is 5.39 Å². The minimum Gasteiger partial charge on any atom is -0.459 e. The first-order valence-corrected chi connectivity index (χ1v) is 6.03. The smallest absolute Gasteiger partial charge is 0.137 e. The van der Waals surface area contributed by atoms with E-state index in [4.69, 9.17) is 4.42 Å². The number of rotatable bonds is 2. The van der Waals surface area contributed by atoms with Crippen LogP contribution in [0.4, 0.5) is 0 Å². The van der Waals surface area contributed by atoms with Crippen LogP contribution in [0.15, 0.2) is 28.7 Å². The van der Waals surface area contributed by atoms with Crippen LogP contribution in [-0.2, 0) is 6.54 Å². The Morgan fingerprint density at radius 3 is 2.81 bits per heavy atom. The second-order valence-corrected chi connectivity index (χ2v) is 4.69. The molecule has 2 heterocycles. The van der Waals surface area contributed by atoms with Crippen LogP contribution in [-0.4, -0.2) is 18.0 Å². The minimum atomic E-state index is 0.966. The normalized spacial score (nSPS) is 17.3. The molecule has 2 heteroatoms. The highest BCUT2D eigenvalue weighted by molar-refractivity contribution is 5.80. The monoisotopic (exact) mass is 215 g/mol. The summed E-state index contributed by atoms with van der Waals surface area (Å²) in [5.41, 5.74) is 2.28. The highest BCUT2D eigenvalue weighted by Crippen LogP contribution is 2.24. The van der Waals surface area contributed by atoms with Crippen molar-refractivity contribution in [2.75, 3.05) is 13.1 Å². The second-order valence-electron chi connectivity index (χ2n) is 4.69. The molecule has 0 spiro atoms. The number of hydrogen-bond acceptors (Lipinski definition) is 2. The molecule has 84 valence electrons. The van der Waals surface area contributed by atoms with Crippen molar-refractivity contribution in [1.29, 1.82) is 0 Å². The molecule has 0 unspecified atom stereocenters. The molecule has 3 rings (SSSR count). The largest absolute Gasteiger partial charge is 0.459 e. The van der Waals surface area contributed by atoms with E-state index in [0.717, 1.165) is 17.9 Å². The maximum atomic E-state index is 5.92. The van der Waals surface area contributed by atoms with Crippen molar-refractivity contribution in [2.45, 2.75) is 26.3 Å². The van der Waals surface area contributed by atoms with Crippen molar-refractivity contribution < 1.29 is 4.42 Å². The van der Waals surface area contributed by atoms with E-state index in [1.54, 1.807) is 0 Å². The lowest BCUT2D eigenvalue weighted by Crippen LogP contribution is -2.17. The average Bonchev–Trinajstić information content (AvgIpc) is 2.88. The number of aryl methyl sites for hydroxylation is 1. The molecule has 1 aliphatic rings. The summed E-state index contributed by atoms with van der Waals surface area (Å²) in [6.45, 7) is 5.51. The Morgan fingerprint density at radius 2 is 2.06 bits per heavy atom. The van der Waals surface area contributed by atoms with E-state index < -0.39 is 0 Å². The van der Waals surface area contributed by atoms with Gasteiger partial charge in [0.1, 0.15) is 11.3 Å². The van der Waals surface area contributed by atoms with Gasteiger partial charge >= 0.3 is 0 Å². The summed E-state index contributed by atoms with van der Waals surface area (Å²) in [4.78, 5) is 2.47. The van der Waals surface area contributed by atoms with Crippen LogP contribution in [0.2, 0.25) is 0 Å². The molecule has 1 saturated heterocycles. The Hall–Kier alpha value is -1.28. The lowest BCUT2D eigenvalue weighted by atomic mass is 10.2. The van der Waals surface area contributed by atoms with Crippen molar-refractivity contribution in [3.05, 3.63) is 35.6 Å². The third-order valence-corrected chi connectivity index (χ3v) is 3.37. The van der Waals surface area contributed by atoms with E-state index in [2.05, 4.69) is 36.1 Å². The number of benzene rings is 1. The zero-order valence-corrected chi connectivity index (χ0v) is 9.70. The molecule has 2 nitrogen and oxygen atoms in total. The summed E-state index contributed by atoms with van der Waals surface area (Å²) in [7, 11) is 0. The van der Waals surface area contributed by atoms with Crippen LogP contribution >= 0.6 is 0 Å². The Labute approximate surface area is 95.9 Å². The Kier molecular flexibility index (Phi) is 2.44. The van der Waals surface area contributed by atoms with Gasteiger partial charge in [-0.25, -0.2) is 0 Å². The van der Waals surface area contributed by atoms with E-state index in [-0.39, 0.29) is 0 Å². The molecule has 1 fully saturated rings. The third-order valence-electron chi connectivity index (χ3n) is 3.37. The first-order valence-electron chi connectivity index (χ1n) is 6.03. The zero-order chi connectivity index (χ0) is 11.0. The molecular weight excluding hydrogens is 198 g/mol. The SMILES string of the molecule is Cc1cccc2cc(CN3CCCC3)oc12. The predicted molar refractivity (Wildman–Crippen MR) is 65.5 cm³/mol. The molecule has 2 aromatic rings. The standard InChI is InChI=1S/C14H17NO/c1-11-5-4-6-12-9-13(16-14(11)12)10-15-7-2-3-8-15/h4-6,9H,2-3,7-8,10H2,1H3. The first kappa shape index (κ1) is 9.91. The number of para-hydroxylation sites is 1. The summed E-state index contributed by atoms with van der Waals surface area (Å²) in [5, 5.41) is 1.23. The first-order chi connectivity index (χ1) is 7.83. The molecule has 1 aromatic carbocycles. The van der Waals surface area contributed by atoms with E-state index >= 15 is 0 Å². The molecule has 0 N–H and O–H groups in total. The summed E-state index contributed by atoms with van der Waals surface area (Å²) >= 11 is 0. The van der Waals surface area contributed by atoms with Crippen LogP contribution < -0.4 is 0 Å². The summed E-state index contributed by atoms with van der Waals surface area (Å²) < 4.78 is 5.92. The Bertz CT molecular complexity index is 494.